The second-order valence-corrected chi connectivity index (χ2v) is 5.83. The van der Waals surface area contributed by atoms with Crippen molar-refractivity contribution in [1.29, 1.82) is 0 Å². The van der Waals surface area contributed by atoms with E-state index in [0.29, 0.717) is 22.8 Å². The summed E-state index contributed by atoms with van der Waals surface area (Å²) in [4.78, 5) is 0. The molecule has 0 radical (unpaired) electrons. The van der Waals surface area contributed by atoms with Gasteiger partial charge in [0.05, 0.1) is 19.8 Å². The number of methoxy groups -OCH3 is 1. The second kappa shape index (κ2) is 6.95. The van der Waals surface area contributed by atoms with E-state index in [-0.39, 0.29) is 6.10 Å². The van der Waals surface area contributed by atoms with Crippen molar-refractivity contribution in [3.8, 4) is 11.5 Å². The third kappa shape index (κ3) is 3.76. The number of H-pyrrole nitrogens is 1. The van der Waals surface area contributed by atoms with Crippen molar-refractivity contribution < 1.29 is 9.47 Å². The lowest BCUT2D eigenvalue weighted by molar-refractivity contribution is 0.227. The number of hydrogen-bond acceptors (Lipinski definition) is 5. The van der Waals surface area contributed by atoms with E-state index < -0.39 is 0 Å². The number of nitrogens with zero attached hydrogens (tertiary/aromatic N) is 2. The van der Waals surface area contributed by atoms with Crippen molar-refractivity contribution in [2.24, 2.45) is 0 Å². The van der Waals surface area contributed by atoms with Crippen LogP contribution in [0.5, 0.6) is 11.5 Å². The van der Waals surface area contributed by atoms with Gasteiger partial charge in [0.1, 0.15) is 6.33 Å². The molecule has 8 heteroatoms. The van der Waals surface area contributed by atoms with Gasteiger partial charge >= 0.3 is 0 Å². The zero-order chi connectivity index (χ0) is 15.4. The molecule has 0 unspecified atom stereocenters. The lowest BCUT2D eigenvalue weighted by atomic mass is 10.2. The molecule has 0 saturated carbocycles. The molecule has 6 nitrogen and oxygen atoms in total. The van der Waals surface area contributed by atoms with Gasteiger partial charge in [-0.2, -0.15) is 5.10 Å². The first kappa shape index (κ1) is 15.8. The highest BCUT2D eigenvalue weighted by atomic mass is 79.9. The smallest absolute Gasteiger partial charge is 0.214 e. The van der Waals surface area contributed by atoms with Crippen LogP contribution in [0, 0.1) is 4.77 Å². The molecule has 0 aliphatic heterocycles. The minimum Gasteiger partial charge on any atom is -0.493 e. The Balaban J connectivity index is 2.32. The van der Waals surface area contributed by atoms with E-state index in [0.717, 1.165) is 10.0 Å². The Labute approximate surface area is 136 Å². The molecule has 1 aromatic heterocycles. The van der Waals surface area contributed by atoms with Crippen LogP contribution in [0.25, 0.3) is 0 Å². The minimum atomic E-state index is 0.0445. The quantitative estimate of drug-likeness (QED) is 0.762. The molecule has 21 heavy (non-hydrogen) atoms. The van der Waals surface area contributed by atoms with Crippen LogP contribution < -0.4 is 14.9 Å². The van der Waals surface area contributed by atoms with Gasteiger partial charge in [-0.05, 0) is 38.2 Å². The average molecular weight is 373 g/mol. The molecule has 0 bridgehead atoms. The van der Waals surface area contributed by atoms with Crippen LogP contribution in [-0.2, 0) is 6.54 Å². The van der Waals surface area contributed by atoms with Crippen LogP contribution in [-0.4, -0.2) is 28.1 Å². The number of aromatic amines is 1. The number of nitrogens with one attached hydrogen (secondary N) is 2. The molecule has 0 aliphatic rings. The van der Waals surface area contributed by atoms with Gasteiger partial charge in [-0.25, -0.2) is 4.68 Å². The van der Waals surface area contributed by atoms with Gasteiger partial charge in [0.15, 0.2) is 11.5 Å². The second-order valence-electron chi connectivity index (χ2n) is 4.59. The maximum absolute atomic E-state index is 5.89. The Bertz CT molecular complexity index is 668. The van der Waals surface area contributed by atoms with E-state index in [1.165, 1.54) is 0 Å². The lowest BCUT2D eigenvalue weighted by Gasteiger charge is -2.19. The van der Waals surface area contributed by atoms with E-state index in [9.17, 15) is 0 Å². The van der Waals surface area contributed by atoms with Crippen molar-refractivity contribution >= 4 is 28.1 Å². The molecule has 0 atom stereocenters. The third-order valence-electron chi connectivity index (χ3n) is 2.72. The molecule has 0 aliphatic carbocycles. The number of rotatable bonds is 6. The van der Waals surface area contributed by atoms with Gasteiger partial charge in [-0.1, -0.05) is 15.9 Å². The van der Waals surface area contributed by atoms with Gasteiger partial charge < -0.3 is 14.9 Å². The van der Waals surface area contributed by atoms with Crippen LogP contribution >= 0.6 is 28.1 Å². The normalized spacial score (nSPS) is 10.7. The van der Waals surface area contributed by atoms with Gasteiger partial charge in [0, 0.05) is 10.0 Å². The minimum absolute atomic E-state index is 0.0445. The lowest BCUT2D eigenvalue weighted by Crippen LogP contribution is -2.16. The summed E-state index contributed by atoms with van der Waals surface area (Å²) in [5.41, 5.74) is 4.12. The number of halogens is 1. The summed E-state index contributed by atoms with van der Waals surface area (Å²) in [5.74, 6) is 1.41. The molecule has 0 amide bonds. The van der Waals surface area contributed by atoms with Crippen molar-refractivity contribution in [2.45, 2.75) is 26.5 Å². The van der Waals surface area contributed by atoms with Crippen molar-refractivity contribution in [3.05, 3.63) is 33.3 Å². The molecule has 114 valence electrons. The SMILES string of the molecule is COc1ccc(Br)c(CNn2cn[nH]c2=S)c1OC(C)C. The molecule has 2 aromatic rings. The molecule has 0 spiro atoms. The summed E-state index contributed by atoms with van der Waals surface area (Å²) in [6, 6.07) is 3.80. The van der Waals surface area contributed by atoms with E-state index in [1.54, 1.807) is 18.1 Å². The Kier molecular flexibility index (Phi) is 5.24. The van der Waals surface area contributed by atoms with E-state index in [1.807, 2.05) is 26.0 Å². The zero-order valence-electron chi connectivity index (χ0n) is 12.0. The summed E-state index contributed by atoms with van der Waals surface area (Å²) in [5, 5.41) is 6.55. The Morgan fingerprint density at radius 3 is 2.81 bits per heavy atom. The van der Waals surface area contributed by atoms with Crippen LogP contribution in [0.1, 0.15) is 19.4 Å². The molecule has 2 N–H and O–H groups in total. The number of ether oxygens (including phenoxy) is 2. The predicted molar refractivity (Wildman–Crippen MR) is 86.9 cm³/mol. The van der Waals surface area contributed by atoms with Crippen molar-refractivity contribution in [3.63, 3.8) is 0 Å². The maximum Gasteiger partial charge on any atom is 0.214 e. The summed E-state index contributed by atoms with van der Waals surface area (Å²) in [6.45, 7) is 4.46. The summed E-state index contributed by atoms with van der Waals surface area (Å²) in [7, 11) is 1.62. The van der Waals surface area contributed by atoms with Gasteiger partial charge in [-0.15, -0.1) is 0 Å². The Morgan fingerprint density at radius 2 is 2.24 bits per heavy atom. The van der Waals surface area contributed by atoms with Crippen molar-refractivity contribution in [1.82, 2.24) is 14.9 Å². The summed E-state index contributed by atoms with van der Waals surface area (Å²) < 4.78 is 14.3. The molecule has 2 rings (SSSR count). The first-order valence-corrected chi connectivity index (χ1v) is 7.61. The Morgan fingerprint density at radius 1 is 1.48 bits per heavy atom. The molecular weight excluding hydrogens is 356 g/mol. The zero-order valence-corrected chi connectivity index (χ0v) is 14.4. The standard InChI is InChI=1S/C13H17BrN4O2S/c1-8(2)20-12-9(10(14)4-5-11(12)19-3)6-16-18-7-15-17-13(18)21/h4-5,7-8,16H,6H2,1-3H3,(H,17,21). The highest BCUT2D eigenvalue weighted by molar-refractivity contribution is 9.10. The fourth-order valence-electron chi connectivity index (χ4n) is 1.80. The van der Waals surface area contributed by atoms with Crippen LogP contribution in [0.2, 0.25) is 0 Å². The number of benzene rings is 1. The van der Waals surface area contributed by atoms with Gasteiger partial charge in [0.25, 0.3) is 0 Å². The molecule has 0 fully saturated rings. The van der Waals surface area contributed by atoms with Crippen LogP contribution in [0.3, 0.4) is 0 Å². The van der Waals surface area contributed by atoms with Gasteiger partial charge in [-0.3, -0.25) is 5.10 Å². The van der Waals surface area contributed by atoms with E-state index >= 15 is 0 Å². The molecule has 0 saturated heterocycles. The fourth-order valence-corrected chi connectivity index (χ4v) is 2.41. The third-order valence-corrected chi connectivity index (χ3v) is 3.75. The first-order chi connectivity index (χ1) is 10.0. The van der Waals surface area contributed by atoms with Gasteiger partial charge in [0.2, 0.25) is 4.77 Å². The van der Waals surface area contributed by atoms with Crippen molar-refractivity contribution in [2.75, 3.05) is 12.5 Å². The summed E-state index contributed by atoms with van der Waals surface area (Å²) in [6.07, 6.45) is 1.63. The number of hydrogen-bond donors (Lipinski definition) is 2. The maximum atomic E-state index is 5.89. The van der Waals surface area contributed by atoms with E-state index in [2.05, 4.69) is 31.6 Å². The van der Waals surface area contributed by atoms with Crippen LogP contribution in [0.4, 0.5) is 0 Å². The summed E-state index contributed by atoms with van der Waals surface area (Å²) >= 11 is 8.65. The fraction of sp³-hybridized carbons (Fsp3) is 0.385. The first-order valence-electron chi connectivity index (χ1n) is 6.41. The van der Waals surface area contributed by atoms with E-state index in [4.69, 9.17) is 21.7 Å². The van der Waals surface area contributed by atoms with Crippen LogP contribution in [0.15, 0.2) is 22.9 Å². The predicted octanol–water partition coefficient (Wildman–Crippen LogP) is 3.24. The highest BCUT2D eigenvalue weighted by Gasteiger charge is 2.16. The topological polar surface area (TPSA) is 64.1 Å². The average Bonchev–Trinajstić information content (AvgIpc) is 2.83. The number of aromatic nitrogens is 3. The molecule has 1 heterocycles. The monoisotopic (exact) mass is 372 g/mol. The molecular formula is C13H17BrN4O2S. The largest absolute Gasteiger partial charge is 0.493 e. The molecule has 1 aromatic carbocycles. The Hall–Kier alpha value is -1.54. The highest BCUT2D eigenvalue weighted by Crippen LogP contribution is 2.37.